The molecule has 0 amide bonds. The van der Waals surface area contributed by atoms with Gasteiger partial charge in [-0.25, -0.2) is 9.78 Å². The Bertz CT molecular complexity index is 667. The third kappa shape index (κ3) is 3.84. The van der Waals surface area contributed by atoms with Gasteiger partial charge in [0.25, 0.3) is 0 Å². The number of benzene rings is 1. The number of hydrogen-bond acceptors (Lipinski definition) is 5. The van der Waals surface area contributed by atoms with Crippen LogP contribution in [0.1, 0.15) is 20.2 Å². The van der Waals surface area contributed by atoms with Gasteiger partial charge in [-0.1, -0.05) is 17.9 Å². The zero-order chi connectivity index (χ0) is 14.4. The predicted molar refractivity (Wildman–Crippen MR) is 77.0 cm³/mol. The van der Waals surface area contributed by atoms with Gasteiger partial charge in [0.1, 0.15) is 10.6 Å². The van der Waals surface area contributed by atoms with Crippen molar-refractivity contribution in [3.8, 4) is 17.6 Å². The van der Waals surface area contributed by atoms with E-state index in [1.54, 1.807) is 7.11 Å². The van der Waals surface area contributed by atoms with E-state index in [9.17, 15) is 4.79 Å². The third-order valence-electron chi connectivity index (χ3n) is 2.40. The largest absolute Gasteiger partial charge is 0.497 e. The van der Waals surface area contributed by atoms with Crippen LogP contribution in [0.2, 0.25) is 0 Å². The summed E-state index contributed by atoms with van der Waals surface area (Å²) in [7, 11) is 1.60. The number of aromatic nitrogens is 1. The lowest BCUT2D eigenvalue weighted by Gasteiger charge is -1.98. The summed E-state index contributed by atoms with van der Waals surface area (Å²) in [4.78, 5) is 16.1. The lowest BCUT2D eigenvalue weighted by Crippen LogP contribution is -2.02. The molecule has 1 aromatic carbocycles. The van der Waals surface area contributed by atoms with E-state index in [0.29, 0.717) is 4.88 Å². The van der Waals surface area contributed by atoms with Crippen LogP contribution in [0, 0.1) is 18.8 Å². The van der Waals surface area contributed by atoms with Crippen molar-refractivity contribution >= 4 is 17.3 Å². The summed E-state index contributed by atoms with van der Waals surface area (Å²) in [5, 5.41) is 0.833. The maximum Gasteiger partial charge on any atom is 0.350 e. The minimum atomic E-state index is -0.393. The van der Waals surface area contributed by atoms with E-state index in [4.69, 9.17) is 9.47 Å². The summed E-state index contributed by atoms with van der Waals surface area (Å²) in [6.45, 7) is 1.89. The molecule has 1 heterocycles. The summed E-state index contributed by atoms with van der Waals surface area (Å²) >= 11 is 1.30. The van der Waals surface area contributed by atoms with E-state index in [-0.39, 0.29) is 6.61 Å². The van der Waals surface area contributed by atoms with Crippen LogP contribution in [-0.4, -0.2) is 24.7 Å². The first-order valence-electron chi connectivity index (χ1n) is 5.91. The molecule has 0 N–H and O–H groups in total. The first-order chi connectivity index (χ1) is 9.69. The summed E-state index contributed by atoms with van der Waals surface area (Å²) in [6.07, 6.45) is 1.51. The summed E-state index contributed by atoms with van der Waals surface area (Å²) < 4.78 is 10.1. The fourth-order valence-electron chi connectivity index (χ4n) is 1.47. The zero-order valence-electron chi connectivity index (χ0n) is 11.2. The van der Waals surface area contributed by atoms with E-state index in [1.807, 2.05) is 31.2 Å². The lowest BCUT2D eigenvalue weighted by atomic mass is 10.2. The highest BCUT2D eigenvalue weighted by Crippen LogP contribution is 2.13. The van der Waals surface area contributed by atoms with Crippen LogP contribution in [0.3, 0.4) is 0 Å². The van der Waals surface area contributed by atoms with Crippen LogP contribution in [-0.2, 0) is 4.74 Å². The average Bonchev–Trinajstić information content (AvgIpc) is 2.90. The molecule has 0 saturated carbocycles. The van der Waals surface area contributed by atoms with Gasteiger partial charge >= 0.3 is 5.97 Å². The second-order valence-corrected chi connectivity index (χ2v) is 5.09. The molecule has 0 aliphatic rings. The van der Waals surface area contributed by atoms with E-state index >= 15 is 0 Å². The molecule has 4 nitrogen and oxygen atoms in total. The van der Waals surface area contributed by atoms with Crippen molar-refractivity contribution in [1.29, 1.82) is 0 Å². The number of carbonyl (C=O) groups excluding carboxylic acids is 1. The summed E-state index contributed by atoms with van der Waals surface area (Å²) in [6, 6.07) is 7.39. The molecule has 0 aliphatic carbocycles. The van der Waals surface area contributed by atoms with Gasteiger partial charge in [0.15, 0.2) is 6.61 Å². The van der Waals surface area contributed by atoms with Crippen molar-refractivity contribution in [1.82, 2.24) is 4.98 Å². The summed E-state index contributed by atoms with van der Waals surface area (Å²) in [5.41, 5.74) is 0.814. The molecule has 102 valence electrons. The highest BCUT2D eigenvalue weighted by atomic mass is 32.1. The first-order valence-corrected chi connectivity index (χ1v) is 6.73. The number of ether oxygens (including phenoxy) is 2. The molecule has 0 aliphatic heterocycles. The minimum Gasteiger partial charge on any atom is -0.497 e. The topological polar surface area (TPSA) is 48.4 Å². The molecular formula is C15H13NO3S. The maximum absolute atomic E-state index is 11.6. The molecule has 0 atom stereocenters. The molecular weight excluding hydrogens is 274 g/mol. The van der Waals surface area contributed by atoms with Crippen molar-refractivity contribution in [2.75, 3.05) is 13.7 Å². The number of aryl methyl sites for hydroxylation is 1. The fraction of sp³-hybridized carbons (Fsp3) is 0.200. The van der Waals surface area contributed by atoms with Crippen LogP contribution in [0.25, 0.3) is 0 Å². The number of thiazole rings is 1. The Morgan fingerprint density at radius 1 is 1.45 bits per heavy atom. The Kier molecular flexibility index (Phi) is 4.75. The predicted octanol–water partition coefficient (Wildman–Crippen LogP) is 2.67. The zero-order valence-corrected chi connectivity index (χ0v) is 12.0. The minimum absolute atomic E-state index is 0.0486. The Hall–Kier alpha value is -2.32. The van der Waals surface area contributed by atoms with Crippen molar-refractivity contribution in [3.63, 3.8) is 0 Å². The van der Waals surface area contributed by atoms with Crippen molar-refractivity contribution in [2.24, 2.45) is 0 Å². The quantitative estimate of drug-likeness (QED) is 0.643. The van der Waals surface area contributed by atoms with Crippen molar-refractivity contribution < 1.29 is 14.3 Å². The average molecular weight is 287 g/mol. The Morgan fingerprint density at radius 2 is 2.30 bits per heavy atom. The number of hydrogen-bond donors (Lipinski definition) is 0. The number of carbonyl (C=O) groups is 1. The Morgan fingerprint density at radius 3 is 3.00 bits per heavy atom. The number of methoxy groups -OCH3 is 1. The van der Waals surface area contributed by atoms with Gasteiger partial charge in [0.05, 0.1) is 18.3 Å². The maximum atomic E-state index is 11.6. The van der Waals surface area contributed by atoms with E-state index in [1.165, 1.54) is 17.5 Å². The molecule has 0 fully saturated rings. The molecule has 0 unspecified atom stereocenters. The van der Waals surface area contributed by atoms with E-state index in [0.717, 1.165) is 16.3 Å². The smallest absolute Gasteiger partial charge is 0.350 e. The second kappa shape index (κ2) is 6.73. The van der Waals surface area contributed by atoms with Gasteiger partial charge in [-0.3, -0.25) is 0 Å². The lowest BCUT2D eigenvalue weighted by molar-refractivity contribution is 0.0562. The van der Waals surface area contributed by atoms with Crippen molar-refractivity contribution in [3.05, 3.63) is 45.9 Å². The van der Waals surface area contributed by atoms with Gasteiger partial charge < -0.3 is 9.47 Å². The molecule has 1 aromatic heterocycles. The number of esters is 1. The van der Waals surface area contributed by atoms with Crippen LogP contribution in [0.5, 0.6) is 5.75 Å². The van der Waals surface area contributed by atoms with Crippen LogP contribution in [0.15, 0.2) is 30.5 Å². The molecule has 0 radical (unpaired) electrons. The van der Waals surface area contributed by atoms with Gasteiger partial charge in [0.2, 0.25) is 0 Å². The Balaban J connectivity index is 1.90. The van der Waals surface area contributed by atoms with Gasteiger partial charge in [-0.05, 0) is 25.1 Å². The Labute approximate surface area is 121 Å². The molecule has 2 rings (SSSR count). The standard InChI is InChI=1S/C15H13NO3S/c1-11-16-10-14(20-11)15(17)19-8-4-6-12-5-3-7-13(9-12)18-2/h3,5,7,9-10H,8H2,1-2H3. The van der Waals surface area contributed by atoms with Crippen LogP contribution >= 0.6 is 11.3 Å². The number of nitrogens with zero attached hydrogens (tertiary/aromatic N) is 1. The number of rotatable bonds is 3. The second-order valence-electron chi connectivity index (χ2n) is 3.85. The summed E-state index contributed by atoms with van der Waals surface area (Å²) in [5.74, 6) is 6.06. The normalized spacial score (nSPS) is 9.50. The first kappa shape index (κ1) is 14.1. The molecule has 0 spiro atoms. The third-order valence-corrected chi connectivity index (χ3v) is 3.29. The molecule has 0 bridgehead atoms. The van der Waals surface area contributed by atoms with E-state index < -0.39 is 5.97 Å². The SMILES string of the molecule is COc1cccc(C#CCOC(=O)c2cnc(C)s2)c1. The van der Waals surface area contributed by atoms with Crippen LogP contribution < -0.4 is 4.74 Å². The molecule has 0 saturated heterocycles. The van der Waals surface area contributed by atoms with Gasteiger partial charge in [-0.2, -0.15) is 0 Å². The highest BCUT2D eigenvalue weighted by molar-refractivity contribution is 7.13. The molecule has 5 heteroatoms. The molecule has 2 aromatic rings. The molecule has 20 heavy (non-hydrogen) atoms. The highest BCUT2D eigenvalue weighted by Gasteiger charge is 2.09. The van der Waals surface area contributed by atoms with Gasteiger partial charge in [0, 0.05) is 5.56 Å². The van der Waals surface area contributed by atoms with Gasteiger partial charge in [-0.15, -0.1) is 11.3 Å². The van der Waals surface area contributed by atoms with Crippen molar-refractivity contribution in [2.45, 2.75) is 6.92 Å². The van der Waals surface area contributed by atoms with Crippen LogP contribution in [0.4, 0.5) is 0 Å². The fourth-order valence-corrected chi connectivity index (χ4v) is 2.14. The van der Waals surface area contributed by atoms with E-state index in [2.05, 4.69) is 16.8 Å². The monoisotopic (exact) mass is 287 g/mol.